The molecule has 0 amide bonds. The molecule has 0 aromatic heterocycles. The number of rotatable bonds is 4. The van der Waals surface area contributed by atoms with Gasteiger partial charge in [-0.05, 0) is 35.9 Å². The summed E-state index contributed by atoms with van der Waals surface area (Å²) in [5.41, 5.74) is 6.49. The van der Waals surface area contributed by atoms with Crippen LogP contribution in [0.25, 0.3) is 0 Å². The van der Waals surface area contributed by atoms with Gasteiger partial charge < -0.3 is 5.73 Å². The van der Waals surface area contributed by atoms with E-state index >= 15 is 0 Å². The number of halogens is 2. The second-order valence-corrected chi connectivity index (χ2v) is 6.28. The van der Waals surface area contributed by atoms with Crippen LogP contribution in [0.3, 0.4) is 0 Å². The van der Waals surface area contributed by atoms with E-state index in [-0.39, 0.29) is 22.3 Å². The molecule has 0 radical (unpaired) electrons. The van der Waals surface area contributed by atoms with Crippen LogP contribution >= 0.6 is 11.6 Å². The van der Waals surface area contributed by atoms with Crippen LogP contribution in [0.1, 0.15) is 5.56 Å². The fourth-order valence-corrected chi connectivity index (χ4v) is 3.13. The summed E-state index contributed by atoms with van der Waals surface area (Å²) in [7, 11) is -3.78. The van der Waals surface area contributed by atoms with Gasteiger partial charge in [0, 0.05) is 12.2 Å². The first-order chi connectivity index (χ1) is 9.38. The van der Waals surface area contributed by atoms with Gasteiger partial charge in [-0.25, -0.2) is 17.5 Å². The molecule has 3 N–H and O–H groups in total. The molecule has 0 aliphatic carbocycles. The van der Waals surface area contributed by atoms with Crippen molar-refractivity contribution in [1.29, 1.82) is 0 Å². The summed E-state index contributed by atoms with van der Waals surface area (Å²) in [6.07, 6.45) is 0. The van der Waals surface area contributed by atoms with Crippen molar-refractivity contribution in [2.45, 2.75) is 11.4 Å². The minimum atomic E-state index is -3.78. The highest BCUT2D eigenvalue weighted by Crippen LogP contribution is 2.23. The van der Waals surface area contributed by atoms with E-state index < -0.39 is 10.0 Å². The third-order valence-electron chi connectivity index (χ3n) is 2.62. The molecule has 0 saturated carbocycles. The molecule has 2 rings (SSSR count). The Morgan fingerprint density at radius 2 is 1.80 bits per heavy atom. The van der Waals surface area contributed by atoms with E-state index in [4.69, 9.17) is 17.3 Å². The van der Waals surface area contributed by atoms with E-state index in [2.05, 4.69) is 4.72 Å². The fraction of sp³-hybridized carbons (Fsp3) is 0.0769. The smallest absolute Gasteiger partial charge is 0.242 e. The number of hydrogen-bond donors (Lipinski definition) is 2. The fourth-order valence-electron chi connectivity index (χ4n) is 1.58. The third-order valence-corrected chi connectivity index (χ3v) is 4.51. The molecule has 0 aliphatic rings. The highest BCUT2D eigenvalue weighted by Gasteiger charge is 2.17. The van der Waals surface area contributed by atoms with Gasteiger partial charge in [0.2, 0.25) is 10.0 Å². The summed E-state index contributed by atoms with van der Waals surface area (Å²) in [6.45, 7) is 0.0355. The number of nitrogen functional groups attached to an aromatic ring is 1. The van der Waals surface area contributed by atoms with E-state index in [0.717, 1.165) is 0 Å². The van der Waals surface area contributed by atoms with Gasteiger partial charge in [0.25, 0.3) is 0 Å². The van der Waals surface area contributed by atoms with Crippen molar-refractivity contribution in [3.8, 4) is 0 Å². The molecule has 0 bridgehead atoms. The molecule has 0 aliphatic heterocycles. The van der Waals surface area contributed by atoms with Gasteiger partial charge in [0.1, 0.15) is 10.7 Å². The Morgan fingerprint density at radius 1 is 1.15 bits per heavy atom. The predicted octanol–water partition coefficient (Wildman–Crippen LogP) is 2.54. The van der Waals surface area contributed by atoms with Crippen molar-refractivity contribution in [3.63, 3.8) is 0 Å². The normalized spacial score (nSPS) is 11.5. The first-order valence-corrected chi connectivity index (χ1v) is 7.54. The van der Waals surface area contributed by atoms with Gasteiger partial charge in [0.15, 0.2) is 0 Å². The van der Waals surface area contributed by atoms with Crippen LogP contribution in [0.15, 0.2) is 47.4 Å². The number of nitrogens with one attached hydrogen (secondary N) is 1. The monoisotopic (exact) mass is 314 g/mol. The average molecular weight is 315 g/mol. The second-order valence-electron chi connectivity index (χ2n) is 4.14. The average Bonchev–Trinajstić information content (AvgIpc) is 2.41. The molecule has 4 nitrogen and oxygen atoms in total. The molecule has 0 spiro atoms. The quantitative estimate of drug-likeness (QED) is 0.852. The highest BCUT2D eigenvalue weighted by atomic mass is 35.5. The summed E-state index contributed by atoms with van der Waals surface area (Å²) in [5, 5.41) is 0.0887. The second kappa shape index (κ2) is 5.78. The Labute approximate surface area is 121 Å². The lowest BCUT2D eigenvalue weighted by Crippen LogP contribution is -2.23. The van der Waals surface area contributed by atoms with E-state index in [1.54, 1.807) is 0 Å². The van der Waals surface area contributed by atoms with E-state index in [9.17, 15) is 12.8 Å². The maximum atomic E-state index is 12.8. The summed E-state index contributed by atoms with van der Waals surface area (Å²) in [5.74, 6) is -0.379. The molecule has 0 heterocycles. The lowest BCUT2D eigenvalue weighted by atomic mass is 10.2. The zero-order valence-electron chi connectivity index (χ0n) is 10.3. The maximum Gasteiger partial charge on any atom is 0.242 e. The van der Waals surface area contributed by atoms with Gasteiger partial charge in [-0.15, -0.1) is 0 Å². The van der Waals surface area contributed by atoms with E-state index in [1.807, 2.05) is 0 Å². The Kier molecular flexibility index (Phi) is 4.27. The largest absolute Gasteiger partial charge is 0.399 e. The van der Waals surface area contributed by atoms with Crippen LogP contribution in [0.4, 0.5) is 10.1 Å². The van der Waals surface area contributed by atoms with Crippen LogP contribution in [0.5, 0.6) is 0 Å². The van der Waals surface area contributed by atoms with Crippen LogP contribution in [-0.4, -0.2) is 8.42 Å². The van der Waals surface area contributed by atoms with Crippen molar-refractivity contribution in [2.75, 3.05) is 5.73 Å². The van der Waals surface area contributed by atoms with Gasteiger partial charge in [-0.2, -0.15) is 0 Å². The van der Waals surface area contributed by atoms with Gasteiger partial charge in [-0.1, -0.05) is 23.7 Å². The van der Waals surface area contributed by atoms with Gasteiger partial charge in [-0.3, -0.25) is 0 Å². The minimum Gasteiger partial charge on any atom is -0.399 e. The molecule has 20 heavy (non-hydrogen) atoms. The molecule has 2 aromatic carbocycles. The summed E-state index contributed by atoms with van der Waals surface area (Å²) >= 11 is 5.86. The standard InChI is InChI=1S/C13H12ClFN2O2S/c14-12-6-5-11(16)7-13(12)20(18,19)17-8-9-1-3-10(15)4-2-9/h1-7,17H,8,16H2. The number of anilines is 1. The van der Waals surface area contributed by atoms with E-state index in [1.165, 1.54) is 42.5 Å². The van der Waals surface area contributed by atoms with Crippen molar-refractivity contribution in [2.24, 2.45) is 0 Å². The van der Waals surface area contributed by atoms with Gasteiger partial charge in [0.05, 0.1) is 5.02 Å². The van der Waals surface area contributed by atoms with Crippen LogP contribution < -0.4 is 10.5 Å². The minimum absolute atomic E-state index is 0.0355. The molecule has 106 valence electrons. The van der Waals surface area contributed by atoms with Crippen molar-refractivity contribution in [1.82, 2.24) is 4.72 Å². The third kappa shape index (κ3) is 3.47. The predicted molar refractivity (Wildman–Crippen MR) is 76.3 cm³/mol. The van der Waals surface area contributed by atoms with Crippen molar-refractivity contribution >= 4 is 27.3 Å². The Morgan fingerprint density at radius 3 is 2.45 bits per heavy atom. The van der Waals surface area contributed by atoms with Crippen LogP contribution in [0, 0.1) is 5.82 Å². The summed E-state index contributed by atoms with van der Waals surface area (Å²) < 4.78 is 39.4. The highest BCUT2D eigenvalue weighted by molar-refractivity contribution is 7.89. The lowest BCUT2D eigenvalue weighted by molar-refractivity contribution is 0.581. The topological polar surface area (TPSA) is 72.2 Å². The van der Waals surface area contributed by atoms with Crippen molar-refractivity contribution in [3.05, 3.63) is 58.9 Å². The first-order valence-electron chi connectivity index (χ1n) is 5.67. The van der Waals surface area contributed by atoms with E-state index in [0.29, 0.717) is 11.3 Å². The molecule has 0 saturated heterocycles. The zero-order valence-corrected chi connectivity index (χ0v) is 11.9. The number of benzene rings is 2. The van der Waals surface area contributed by atoms with Crippen LogP contribution in [-0.2, 0) is 16.6 Å². The number of sulfonamides is 1. The summed E-state index contributed by atoms with van der Waals surface area (Å²) in [6, 6.07) is 9.74. The number of hydrogen-bond acceptors (Lipinski definition) is 3. The Bertz CT molecular complexity index is 718. The SMILES string of the molecule is Nc1ccc(Cl)c(S(=O)(=O)NCc2ccc(F)cc2)c1. The van der Waals surface area contributed by atoms with Crippen molar-refractivity contribution < 1.29 is 12.8 Å². The molecular formula is C13H12ClFN2O2S. The molecule has 0 unspecified atom stereocenters. The first kappa shape index (κ1) is 14.8. The zero-order chi connectivity index (χ0) is 14.8. The molecular weight excluding hydrogens is 303 g/mol. The molecule has 0 atom stereocenters. The number of nitrogens with two attached hydrogens (primary N) is 1. The lowest BCUT2D eigenvalue weighted by Gasteiger charge is -2.09. The molecule has 0 fully saturated rings. The Balaban J connectivity index is 2.19. The molecule has 2 aromatic rings. The Hall–Kier alpha value is -1.63. The maximum absolute atomic E-state index is 12.8. The van der Waals surface area contributed by atoms with Crippen LogP contribution in [0.2, 0.25) is 5.02 Å². The summed E-state index contributed by atoms with van der Waals surface area (Å²) in [4.78, 5) is -0.0821. The van der Waals surface area contributed by atoms with Gasteiger partial charge >= 0.3 is 0 Å². The molecule has 7 heteroatoms.